The Morgan fingerprint density at radius 1 is 1.40 bits per heavy atom. The normalized spacial score (nSPS) is 15.3. The van der Waals surface area contributed by atoms with Crippen molar-refractivity contribution in [2.24, 2.45) is 5.92 Å². The highest BCUT2D eigenvalue weighted by molar-refractivity contribution is 5.85. The molecule has 5 nitrogen and oxygen atoms in total. The van der Waals surface area contributed by atoms with Crippen LogP contribution in [0.25, 0.3) is 0 Å². The number of nitrogens with zero attached hydrogens (tertiary/aromatic N) is 2. The first-order valence-corrected chi connectivity index (χ1v) is 6.78. The number of pyridine rings is 1. The topological polar surface area (TPSA) is 57.3 Å². The molecule has 0 radical (unpaired) electrons. The van der Waals surface area contributed by atoms with E-state index < -0.39 is 0 Å². The molecule has 1 amide bonds. The van der Waals surface area contributed by atoms with Gasteiger partial charge in [-0.05, 0) is 38.1 Å². The molecule has 0 saturated carbocycles. The van der Waals surface area contributed by atoms with E-state index in [4.69, 9.17) is 0 Å². The Morgan fingerprint density at radius 3 is 2.75 bits per heavy atom. The quantitative estimate of drug-likeness (QED) is 0.876. The van der Waals surface area contributed by atoms with Gasteiger partial charge in [0.05, 0.1) is 12.2 Å². The van der Waals surface area contributed by atoms with Crippen molar-refractivity contribution in [3.05, 3.63) is 23.9 Å². The van der Waals surface area contributed by atoms with Crippen LogP contribution in [0.2, 0.25) is 0 Å². The molecule has 20 heavy (non-hydrogen) atoms. The number of rotatable bonds is 4. The van der Waals surface area contributed by atoms with Crippen LogP contribution in [-0.2, 0) is 11.3 Å². The molecule has 0 aliphatic carbocycles. The molecule has 0 unspecified atom stereocenters. The zero-order valence-electron chi connectivity index (χ0n) is 12.1. The SMILES string of the molecule is CN(C)c1cccc(CNC(=O)C2CCNCC2)n1.Cl. The van der Waals surface area contributed by atoms with Gasteiger partial charge in [0, 0.05) is 20.0 Å². The maximum atomic E-state index is 12.0. The van der Waals surface area contributed by atoms with Crippen molar-refractivity contribution in [2.75, 3.05) is 32.1 Å². The Kier molecular flexibility index (Phi) is 6.75. The monoisotopic (exact) mass is 298 g/mol. The lowest BCUT2D eigenvalue weighted by atomic mass is 9.97. The first-order valence-electron chi connectivity index (χ1n) is 6.78. The highest BCUT2D eigenvalue weighted by Crippen LogP contribution is 2.12. The van der Waals surface area contributed by atoms with E-state index in [1.54, 1.807) is 0 Å². The average Bonchev–Trinajstić information content (AvgIpc) is 2.46. The van der Waals surface area contributed by atoms with E-state index in [9.17, 15) is 4.79 Å². The number of hydrogen-bond donors (Lipinski definition) is 2. The number of piperidine rings is 1. The molecular formula is C14H23ClN4O. The summed E-state index contributed by atoms with van der Waals surface area (Å²) in [6, 6.07) is 5.86. The van der Waals surface area contributed by atoms with Gasteiger partial charge in [-0.25, -0.2) is 4.98 Å². The summed E-state index contributed by atoms with van der Waals surface area (Å²) < 4.78 is 0. The summed E-state index contributed by atoms with van der Waals surface area (Å²) in [5.41, 5.74) is 0.897. The molecule has 0 spiro atoms. The summed E-state index contributed by atoms with van der Waals surface area (Å²) in [5.74, 6) is 1.21. The Labute approximate surface area is 126 Å². The standard InChI is InChI=1S/C14H22N4O.ClH/c1-18(2)13-5-3-4-12(17-13)10-16-14(19)11-6-8-15-9-7-11;/h3-5,11,15H,6-10H2,1-2H3,(H,16,19);1H. The largest absolute Gasteiger partial charge is 0.363 e. The van der Waals surface area contributed by atoms with E-state index in [2.05, 4.69) is 15.6 Å². The molecule has 2 N–H and O–H groups in total. The van der Waals surface area contributed by atoms with E-state index in [-0.39, 0.29) is 24.2 Å². The number of nitrogens with one attached hydrogen (secondary N) is 2. The minimum Gasteiger partial charge on any atom is -0.363 e. The molecule has 1 aliphatic rings. The van der Waals surface area contributed by atoms with E-state index in [0.717, 1.165) is 37.4 Å². The summed E-state index contributed by atoms with van der Waals surface area (Å²) in [6.45, 7) is 2.38. The summed E-state index contributed by atoms with van der Waals surface area (Å²) >= 11 is 0. The average molecular weight is 299 g/mol. The highest BCUT2D eigenvalue weighted by atomic mass is 35.5. The maximum absolute atomic E-state index is 12.0. The number of carbonyl (C=O) groups is 1. The van der Waals surface area contributed by atoms with Gasteiger partial charge in [-0.3, -0.25) is 4.79 Å². The van der Waals surface area contributed by atoms with Crippen LogP contribution in [0.4, 0.5) is 5.82 Å². The third-order valence-corrected chi connectivity index (χ3v) is 3.40. The minimum absolute atomic E-state index is 0. The number of amides is 1. The molecule has 0 aromatic carbocycles. The van der Waals surface area contributed by atoms with Gasteiger partial charge in [-0.15, -0.1) is 12.4 Å². The first-order chi connectivity index (χ1) is 9.16. The fraction of sp³-hybridized carbons (Fsp3) is 0.571. The Balaban J connectivity index is 0.00000200. The predicted octanol–water partition coefficient (Wildman–Crippen LogP) is 1.19. The molecule has 2 rings (SSSR count). The van der Waals surface area contributed by atoms with Crippen molar-refractivity contribution in [2.45, 2.75) is 19.4 Å². The minimum atomic E-state index is 0. The number of anilines is 1. The molecule has 0 bridgehead atoms. The Hall–Kier alpha value is -1.33. The molecular weight excluding hydrogens is 276 g/mol. The van der Waals surface area contributed by atoms with Crippen LogP contribution >= 0.6 is 12.4 Å². The fourth-order valence-corrected chi connectivity index (χ4v) is 2.22. The lowest BCUT2D eigenvalue weighted by molar-refractivity contribution is -0.125. The Bertz CT molecular complexity index is 433. The van der Waals surface area contributed by atoms with Gasteiger partial charge in [0.25, 0.3) is 0 Å². The van der Waals surface area contributed by atoms with Gasteiger partial charge in [0.15, 0.2) is 0 Å². The van der Waals surface area contributed by atoms with Crippen LogP contribution in [-0.4, -0.2) is 38.1 Å². The molecule has 1 fully saturated rings. The second-order valence-corrected chi connectivity index (χ2v) is 5.12. The van der Waals surface area contributed by atoms with Crippen LogP contribution in [0.15, 0.2) is 18.2 Å². The predicted molar refractivity (Wildman–Crippen MR) is 83.3 cm³/mol. The van der Waals surface area contributed by atoms with E-state index in [0.29, 0.717) is 6.54 Å². The van der Waals surface area contributed by atoms with Gasteiger partial charge in [0.2, 0.25) is 5.91 Å². The molecule has 2 heterocycles. The van der Waals surface area contributed by atoms with Crippen LogP contribution in [0.1, 0.15) is 18.5 Å². The zero-order chi connectivity index (χ0) is 13.7. The van der Waals surface area contributed by atoms with Crippen LogP contribution in [0, 0.1) is 5.92 Å². The molecule has 1 saturated heterocycles. The summed E-state index contributed by atoms with van der Waals surface area (Å²) in [6.07, 6.45) is 1.86. The van der Waals surface area contributed by atoms with Crippen molar-refractivity contribution in [1.29, 1.82) is 0 Å². The Morgan fingerprint density at radius 2 is 2.10 bits per heavy atom. The third-order valence-electron chi connectivity index (χ3n) is 3.40. The van der Waals surface area contributed by atoms with E-state index >= 15 is 0 Å². The summed E-state index contributed by atoms with van der Waals surface area (Å²) in [7, 11) is 3.92. The summed E-state index contributed by atoms with van der Waals surface area (Å²) in [5, 5.41) is 6.25. The number of hydrogen-bond acceptors (Lipinski definition) is 4. The fourth-order valence-electron chi connectivity index (χ4n) is 2.22. The van der Waals surface area contributed by atoms with Crippen molar-refractivity contribution >= 4 is 24.1 Å². The molecule has 0 atom stereocenters. The van der Waals surface area contributed by atoms with E-state index in [1.807, 2.05) is 37.2 Å². The molecule has 1 aromatic rings. The van der Waals surface area contributed by atoms with Crippen molar-refractivity contribution in [1.82, 2.24) is 15.6 Å². The van der Waals surface area contributed by atoms with Crippen molar-refractivity contribution in [3.8, 4) is 0 Å². The number of aromatic nitrogens is 1. The van der Waals surface area contributed by atoms with Crippen molar-refractivity contribution < 1.29 is 4.79 Å². The van der Waals surface area contributed by atoms with Crippen LogP contribution < -0.4 is 15.5 Å². The van der Waals surface area contributed by atoms with Gasteiger partial charge in [-0.1, -0.05) is 6.07 Å². The number of carbonyl (C=O) groups excluding carboxylic acids is 1. The van der Waals surface area contributed by atoms with Gasteiger partial charge < -0.3 is 15.5 Å². The van der Waals surface area contributed by atoms with Gasteiger partial charge >= 0.3 is 0 Å². The van der Waals surface area contributed by atoms with Crippen LogP contribution in [0.3, 0.4) is 0 Å². The maximum Gasteiger partial charge on any atom is 0.223 e. The van der Waals surface area contributed by atoms with Gasteiger partial charge in [0.1, 0.15) is 5.82 Å². The lowest BCUT2D eigenvalue weighted by Gasteiger charge is -2.21. The second kappa shape index (κ2) is 8.07. The lowest BCUT2D eigenvalue weighted by Crippen LogP contribution is -2.38. The second-order valence-electron chi connectivity index (χ2n) is 5.12. The zero-order valence-corrected chi connectivity index (χ0v) is 12.9. The first kappa shape index (κ1) is 16.7. The highest BCUT2D eigenvalue weighted by Gasteiger charge is 2.20. The molecule has 112 valence electrons. The third kappa shape index (κ3) is 4.65. The molecule has 1 aromatic heterocycles. The van der Waals surface area contributed by atoms with Crippen LogP contribution in [0.5, 0.6) is 0 Å². The van der Waals surface area contributed by atoms with E-state index in [1.165, 1.54) is 0 Å². The smallest absolute Gasteiger partial charge is 0.223 e. The van der Waals surface area contributed by atoms with Crippen molar-refractivity contribution in [3.63, 3.8) is 0 Å². The molecule has 6 heteroatoms. The number of halogens is 1. The molecule has 1 aliphatic heterocycles. The van der Waals surface area contributed by atoms with Gasteiger partial charge in [-0.2, -0.15) is 0 Å². The summed E-state index contributed by atoms with van der Waals surface area (Å²) in [4.78, 5) is 18.5.